The molecule has 3 aromatic rings. The van der Waals surface area contributed by atoms with Crippen LogP contribution in [-0.4, -0.2) is 24.7 Å². The van der Waals surface area contributed by atoms with Crippen LogP contribution in [0.3, 0.4) is 0 Å². The monoisotopic (exact) mass is 365 g/mol. The van der Waals surface area contributed by atoms with E-state index in [0.717, 1.165) is 28.2 Å². The average molecular weight is 365 g/mol. The molecule has 0 aliphatic heterocycles. The SMILES string of the molecule is COc1ccc(CCC(=O)NCC(O)c2ccc(-c3ccco3)cc2)cc1. The number of carbonyl (C=O) groups is 1. The smallest absolute Gasteiger partial charge is 0.220 e. The Bertz CT molecular complexity index is 839. The summed E-state index contributed by atoms with van der Waals surface area (Å²) in [5.74, 6) is 1.49. The molecule has 1 aromatic heterocycles. The average Bonchev–Trinajstić information content (AvgIpc) is 3.26. The van der Waals surface area contributed by atoms with Crippen LogP contribution in [0, 0.1) is 0 Å². The lowest BCUT2D eigenvalue weighted by atomic mass is 10.1. The van der Waals surface area contributed by atoms with Crippen molar-refractivity contribution in [3.05, 3.63) is 78.1 Å². The van der Waals surface area contributed by atoms with E-state index in [4.69, 9.17) is 9.15 Å². The summed E-state index contributed by atoms with van der Waals surface area (Å²) in [7, 11) is 1.62. The normalized spacial score (nSPS) is 11.8. The number of furan rings is 1. The zero-order valence-corrected chi connectivity index (χ0v) is 15.2. The predicted octanol–water partition coefficient (Wildman–Crippen LogP) is 3.74. The lowest BCUT2D eigenvalue weighted by Gasteiger charge is -2.13. The molecule has 3 rings (SSSR count). The molecule has 2 aromatic carbocycles. The first kappa shape index (κ1) is 18.7. The van der Waals surface area contributed by atoms with Crippen molar-refractivity contribution in [2.24, 2.45) is 0 Å². The summed E-state index contributed by atoms with van der Waals surface area (Å²) in [6, 6.07) is 18.8. The number of ether oxygens (including phenoxy) is 1. The van der Waals surface area contributed by atoms with Crippen LogP contribution < -0.4 is 10.1 Å². The third kappa shape index (κ3) is 5.21. The molecular weight excluding hydrogens is 342 g/mol. The lowest BCUT2D eigenvalue weighted by molar-refractivity contribution is -0.121. The molecule has 5 nitrogen and oxygen atoms in total. The van der Waals surface area contributed by atoms with Crippen LogP contribution in [0.15, 0.2) is 71.3 Å². The number of hydrogen-bond acceptors (Lipinski definition) is 4. The van der Waals surface area contributed by atoms with Crippen molar-refractivity contribution in [3.8, 4) is 17.1 Å². The second-order valence-electron chi connectivity index (χ2n) is 6.27. The minimum atomic E-state index is -0.749. The molecule has 1 unspecified atom stereocenters. The van der Waals surface area contributed by atoms with Gasteiger partial charge in [0.2, 0.25) is 5.91 Å². The van der Waals surface area contributed by atoms with Gasteiger partial charge >= 0.3 is 0 Å². The van der Waals surface area contributed by atoms with Crippen LogP contribution >= 0.6 is 0 Å². The van der Waals surface area contributed by atoms with Crippen molar-refractivity contribution in [3.63, 3.8) is 0 Å². The Hall–Kier alpha value is -3.05. The maximum absolute atomic E-state index is 12.0. The number of carbonyl (C=O) groups excluding carboxylic acids is 1. The van der Waals surface area contributed by atoms with E-state index in [0.29, 0.717) is 12.8 Å². The first-order valence-corrected chi connectivity index (χ1v) is 8.87. The molecule has 0 radical (unpaired) electrons. The zero-order chi connectivity index (χ0) is 19.1. The van der Waals surface area contributed by atoms with Gasteiger partial charge in [-0.1, -0.05) is 36.4 Å². The van der Waals surface area contributed by atoms with E-state index in [1.807, 2.05) is 60.7 Å². The Balaban J connectivity index is 1.45. The molecule has 2 N–H and O–H groups in total. The van der Waals surface area contributed by atoms with E-state index < -0.39 is 6.10 Å². The molecule has 1 atom stereocenters. The number of hydrogen-bond donors (Lipinski definition) is 2. The van der Waals surface area contributed by atoms with Gasteiger partial charge in [0.15, 0.2) is 0 Å². The van der Waals surface area contributed by atoms with Gasteiger partial charge in [0.1, 0.15) is 11.5 Å². The fourth-order valence-electron chi connectivity index (χ4n) is 2.78. The second-order valence-corrected chi connectivity index (χ2v) is 6.27. The number of benzene rings is 2. The molecule has 0 spiro atoms. The van der Waals surface area contributed by atoms with Crippen LogP contribution in [0.4, 0.5) is 0 Å². The van der Waals surface area contributed by atoms with E-state index in [-0.39, 0.29) is 12.5 Å². The standard InChI is InChI=1S/C22H23NO4/c1-26-19-11-4-16(5-12-19)6-13-22(25)23-15-20(24)17-7-9-18(10-8-17)21-3-2-14-27-21/h2-5,7-12,14,20,24H,6,13,15H2,1H3,(H,23,25). The minimum Gasteiger partial charge on any atom is -0.497 e. The van der Waals surface area contributed by atoms with Crippen molar-refractivity contribution in [2.45, 2.75) is 18.9 Å². The van der Waals surface area contributed by atoms with E-state index in [1.165, 1.54) is 0 Å². The maximum Gasteiger partial charge on any atom is 0.220 e. The quantitative estimate of drug-likeness (QED) is 0.638. The Labute approximate surface area is 158 Å². The molecule has 0 bridgehead atoms. The molecular formula is C22H23NO4. The summed E-state index contributed by atoms with van der Waals surface area (Å²) in [5, 5.41) is 13.1. The second kappa shape index (κ2) is 9.05. The highest BCUT2D eigenvalue weighted by molar-refractivity contribution is 5.76. The van der Waals surface area contributed by atoms with Crippen molar-refractivity contribution in [1.82, 2.24) is 5.32 Å². The minimum absolute atomic E-state index is 0.0860. The molecule has 0 aliphatic rings. The maximum atomic E-state index is 12.0. The number of aliphatic hydroxyl groups is 1. The molecule has 5 heteroatoms. The van der Waals surface area contributed by atoms with Gasteiger partial charge in [-0.15, -0.1) is 0 Å². The van der Waals surface area contributed by atoms with Crippen molar-refractivity contribution >= 4 is 5.91 Å². The van der Waals surface area contributed by atoms with E-state index in [1.54, 1.807) is 13.4 Å². The lowest BCUT2D eigenvalue weighted by Crippen LogP contribution is -2.28. The fourth-order valence-corrected chi connectivity index (χ4v) is 2.78. The molecule has 1 amide bonds. The van der Waals surface area contributed by atoms with Gasteiger partial charge in [0, 0.05) is 18.5 Å². The number of nitrogens with one attached hydrogen (secondary N) is 1. The van der Waals surface area contributed by atoms with Gasteiger partial charge in [-0.05, 0) is 41.8 Å². The fraction of sp³-hybridized carbons (Fsp3) is 0.227. The highest BCUT2D eigenvalue weighted by Gasteiger charge is 2.10. The van der Waals surface area contributed by atoms with Crippen molar-refractivity contribution < 1.29 is 19.1 Å². The van der Waals surface area contributed by atoms with Gasteiger partial charge in [0.05, 0.1) is 19.5 Å². The van der Waals surface area contributed by atoms with E-state index in [2.05, 4.69) is 5.32 Å². The number of aryl methyl sites for hydroxylation is 1. The molecule has 0 saturated heterocycles. The van der Waals surface area contributed by atoms with Gasteiger partial charge in [0.25, 0.3) is 0 Å². The Morgan fingerprint density at radius 3 is 2.48 bits per heavy atom. The summed E-state index contributed by atoms with van der Waals surface area (Å²) in [6.45, 7) is 0.182. The summed E-state index contributed by atoms with van der Waals surface area (Å²) in [4.78, 5) is 12.0. The number of methoxy groups -OCH3 is 1. The summed E-state index contributed by atoms with van der Waals surface area (Å²) in [6.07, 6.45) is 1.89. The molecule has 0 fully saturated rings. The molecule has 0 aliphatic carbocycles. The largest absolute Gasteiger partial charge is 0.497 e. The summed E-state index contributed by atoms with van der Waals surface area (Å²) < 4.78 is 10.5. The third-order valence-corrected chi connectivity index (χ3v) is 4.39. The molecule has 1 heterocycles. The number of aliphatic hydroxyl groups excluding tert-OH is 1. The molecule has 140 valence electrons. The van der Waals surface area contributed by atoms with Crippen LogP contribution in [0.2, 0.25) is 0 Å². The Morgan fingerprint density at radius 2 is 1.85 bits per heavy atom. The topological polar surface area (TPSA) is 71.7 Å². The predicted molar refractivity (Wildman–Crippen MR) is 103 cm³/mol. The first-order chi connectivity index (χ1) is 13.2. The van der Waals surface area contributed by atoms with E-state index >= 15 is 0 Å². The Morgan fingerprint density at radius 1 is 1.11 bits per heavy atom. The van der Waals surface area contributed by atoms with E-state index in [9.17, 15) is 9.90 Å². The third-order valence-electron chi connectivity index (χ3n) is 4.39. The van der Waals surface area contributed by atoms with Crippen LogP contribution in [0.25, 0.3) is 11.3 Å². The van der Waals surface area contributed by atoms with Crippen LogP contribution in [0.1, 0.15) is 23.7 Å². The van der Waals surface area contributed by atoms with Crippen molar-refractivity contribution in [2.75, 3.05) is 13.7 Å². The van der Waals surface area contributed by atoms with Gasteiger partial charge in [-0.2, -0.15) is 0 Å². The van der Waals surface area contributed by atoms with Gasteiger partial charge in [-0.25, -0.2) is 0 Å². The van der Waals surface area contributed by atoms with Crippen molar-refractivity contribution in [1.29, 1.82) is 0 Å². The zero-order valence-electron chi connectivity index (χ0n) is 15.2. The number of amides is 1. The summed E-state index contributed by atoms with van der Waals surface area (Å²) in [5.41, 5.74) is 2.76. The molecule has 27 heavy (non-hydrogen) atoms. The van der Waals surface area contributed by atoms with Crippen LogP contribution in [-0.2, 0) is 11.2 Å². The first-order valence-electron chi connectivity index (χ1n) is 8.87. The highest BCUT2D eigenvalue weighted by Crippen LogP contribution is 2.22. The van der Waals surface area contributed by atoms with Crippen LogP contribution in [0.5, 0.6) is 5.75 Å². The van der Waals surface area contributed by atoms with Gasteiger partial charge < -0.3 is 19.6 Å². The molecule has 0 saturated carbocycles. The summed E-state index contributed by atoms with van der Waals surface area (Å²) >= 11 is 0. The number of rotatable bonds is 8. The van der Waals surface area contributed by atoms with Gasteiger partial charge in [-0.3, -0.25) is 4.79 Å². The Kier molecular flexibility index (Phi) is 6.28. The highest BCUT2D eigenvalue weighted by atomic mass is 16.5.